The number of fused-ring (bicyclic) bond motifs is 1. The molecule has 0 aliphatic rings. The number of aromatic nitrogens is 3. The van der Waals surface area contributed by atoms with Crippen LogP contribution in [0, 0.1) is 5.82 Å². The third kappa shape index (κ3) is 4.83. The maximum atomic E-state index is 15.2. The van der Waals surface area contributed by atoms with Gasteiger partial charge in [-0.25, -0.2) is 9.37 Å². The molecule has 0 spiro atoms. The van der Waals surface area contributed by atoms with Gasteiger partial charge in [-0.15, -0.1) is 0 Å². The van der Waals surface area contributed by atoms with Gasteiger partial charge in [-0.1, -0.05) is 35.9 Å². The SMILES string of the molecule is COc1cc2nccc(Oc3ccc(-c4cncn(Cc5ccccc5Cl)c4=O)cc3F)c2cc1OC. The highest BCUT2D eigenvalue weighted by atomic mass is 35.5. The predicted molar refractivity (Wildman–Crippen MR) is 139 cm³/mol. The van der Waals surface area contributed by atoms with E-state index in [1.54, 1.807) is 36.5 Å². The number of halogens is 2. The van der Waals surface area contributed by atoms with Gasteiger partial charge in [-0.2, -0.15) is 0 Å². The number of pyridine rings is 1. The van der Waals surface area contributed by atoms with Crippen LogP contribution >= 0.6 is 11.6 Å². The van der Waals surface area contributed by atoms with Crippen molar-refractivity contribution in [2.24, 2.45) is 0 Å². The van der Waals surface area contributed by atoms with E-state index in [0.717, 1.165) is 5.56 Å². The van der Waals surface area contributed by atoms with Gasteiger partial charge in [-0.3, -0.25) is 14.3 Å². The smallest absolute Gasteiger partial charge is 0.261 e. The van der Waals surface area contributed by atoms with Crippen molar-refractivity contribution >= 4 is 22.5 Å². The lowest BCUT2D eigenvalue weighted by atomic mass is 10.1. The summed E-state index contributed by atoms with van der Waals surface area (Å²) in [5, 5.41) is 1.17. The van der Waals surface area contributed by atoms with Gasteiger partial charge in [0.2, 0.25) is 0 Å². The summed E-state index contributed by atoms with van der Waals surface area (Å²) in [6.07, 6.45) is 4.41. The van der Waals surface area contributed by atoms with E-state index in [0.29, 0.717) is 38.7 Å². The summed E-state index contributed by atoms with van der Waals surface area (Å²) < 4.78 is 33.2. The second-order valence-corrected chi connectivity index (χ2v) is 8.52. The number of benzene rings is 3. The molecule has 0 amide bonds. The molecule has 0 radical (unpaired) electrons. The average Bonchev–Trinajstić information content (AvgIpc) is 2.91. The van der Waals surface area contributed by atoms with E-state index in [-0.39, 0.29) is 23.4 Å². The Kier molecular flexibility index (Phi) is 6.74. The Balaban J connectivity index is 1.46. The van der Waals surface area contributed by atoms with E-state index in [2.05, 4.69) is 9.97 Å². The van der Waals surface area contributed by atoms with Gasteiger partial charge in [0.1, 0.15) is 5.75 Å². The van der Waals surface area contributed by atoms with Crippen LogP contribution in [0.3, 0.4) is 0 Å². The van der Waals surface area contributed by atoms with E-state index in [9.17, 15) is 4.79 Å². The summed E-state index contributed by atoms with van der Waals surface area (Å²) >= 11 is 6.24. The molecule has 3 aromatic carbocycles. The number of ether oxygens (including phenoxy) is 3. The molecular weight excluding hydrogens is 497 g/mol. The number of methoxy groups -OCH3 is 2. The lowest BCUT2D eigenvalue weighted by Crippen LogP contribution is -2.22. The Morgan fingerprint density at radius 3 is 2.49 bits per heavy atom. The highest BCUT2D eigenvalue weighted by Gasteiger charge is 2.15. The predicted octanol–water partition coefficient (Wildman–Crippen LogP) is 6.11. The molecule has 9 heteroatoms. The monoisotopic (exact) mass is 517 g/mol. The first-order valence-electron chi connectivity index (χ1n) is 11.2. The maximum absolute atomic E-state index is 15.2. The van der Waals surface area contributed by atoms with E-state index in [1.807, 2.05) is 18.2 Å². The van der Waals surface area contributed by atoms with Crippen LogP contribution in [0.1, 0.15) is 5.56 Å². The average molecular weight is 518 g/mol. The molecule has 0 aliphatic heterocycles. The minimum Gasteiger partial charge on any atom is -0.493 e. The molecule has 37 heavy (non-hydrogen) atoms. The van der Waals surface area contributed by atoms with Gasteiger partial charge in [-0.05, 0) is 41.5 Å². The Bertz CT molecular complexity index is 1670. The van der Waals surface area contributed by atoms with Crippen LogP contribution in [-0.4, -0.2) is 28.8 Å². The van der Waals surface area contributed by atoms with Crippen LogP contribution in [0.25, 0.3) is 22.0 Å². The molecule has 0 atom stereocenters. The largest absolute Gasteiger partial charge is 0.493 e. The van der Waals surface area contributed by atoms with Gasteiger partial charge in [0.25, 0.3) is 5.56 Å². The lowest BCUT2D eigenvalue weighted by Gasteiger charge is -2.13. The third-order valence-electron chi connectivity index (χ3n) is 5.87. The maximum Gasteiger partial charge on any atom is 0.261 e. The van der Waals surface area contributed by atoms with Crippen molar-refractivity contribution in [3.05, 3.63) is 106 Å². The molecule has 0 unspecified atom stereocenters. The zero-order valence-electron chi connectivity index (χ0n) is 19.9. The van der Waals surface area contributed by atoms with Gasteiger partial charge in [0.05, 0.1) is 38.2 Å². The second kappa shape index (κ2) is 10.3. The first kappa shape index (κ1) is 24.3. The Hall–Kier alpha value is -4.43. The minimum atomic E-state index is -0.635. The summed E-state index contributed by atoms with van der Waals surface area (Å²) in [5.74, 6) is 0.761. The molecule has 0 N–H and O–H groups in total. The van der Waals surface area contributed by atoms with Crippen molar-refractivity contribution in [1.82, 2.24) is 14.5 Å². The fraction of sp³-hybridized carbons (Fsp3) is 0.107. The quantitative estimate of drug-likeness (QED) is 0.259. The van der Waals surface area contributed by atoms with Crippen molar-refractivity contribution in [1.29, 1.82) is 0 Å². The Morgan fingerprint density at radius 2 is 1.73 bits per heavy atom. The van der Waals surface area contributed by atoms with E-state index >= 15 is 4.39 Å². The summed E-state index contributed by atoms with van der Waals surface area (Å²) in [6.45, 7) is 0.242. The van der Waals surface area contributed by atoms with Crippen molar-refractivity contribution in [2.45, 2.75) is 6.54 Å². The number of nitrogens with zero attached hydrogens (tertiary/aromatic N) is 3. The summed E-state index contributed by atoms with van der Waals surface area (Å²) in [5.41, 5.74) is 1.69. The van der Waals surface area contributed by atoms with Crippen molar-refractivity contribution < 1.29 is 18.6 Å². The molecule has 0 bridgehead atoms. The van der Waals surface area contributed by atoms with Crippen LogP contribution in [0.15, 0.2) is 84.2 Å². The summed E-state index contributed by atoms with van der Waals surface area (Å²) in [6, 6.07) is 16.7. The minimum absolute atomic E-state index is 0.00804. The van der Waals surface area contributed by atoms with Crippen LogP contribution in [0.4, 0.5) is 4.39 Å². The first-order valence-corrected chi connectivity index (χ1v) is 11.6. The molecule has 7 nitrogen and oxygen atoms in total. The van der Waals surface area contributed by atoms with Crippen LogP contribution in [-0.2, 0) is 6.54 Å². The van der Waals surface area contributed by atoms with Crippen LogP contribution < -0.4 is 19.8 Å². The Morgan fingerprint density at radius 1 is 0.946 bits per heavy atom. The molecule has 0 fully saturated rings. The number of hydrogen-bond acceptors (Lipinski definition) is 6. The molecule has 5 rings (SSSR count). The van der Waals surface area contributed by atoms with Crippen molar-refractivity contribution in [3.63, 3.8) is 0 Å². The molecule has 186 valence electrons. The zero-order valence-corrected chi connectivity index (χ0v) is 20.7. The summed E-state index contributed by atoms with van der Waals surface area (Å²) in [7, 11) is 3.06. The molecule has 5 aromatic rings. The molecule has 0 aliphatic carbocycles. The van der Waals surface area contributed by atoms with Gasteiger partial charge in [0.15, 0.2) is 23.1 Å². The van der Waals surface area contributed by atoms with E-state index < -0.39 is 5.82 Å². The molecular formula is C28H21ClFN3O4. The zero-order chi connectivity index (χ0) is 25.9. The highest BCUT2D eigenvalue weighted by Crippen LogP contribution is 2.37. The van der Waals surface area contributed by atoms with Crippen molar-refractivity contribution in [2.75, 3.05) is 14.2 Å². The van der Waals surface area contributed by atoms with E-state index in [1.165, 1.54) is 43.4 Å². The van der Waals surface area contributed by atoms with Crippen molar-refractivity contribution in [3.8, 4) is 34.1 Å². The number of rotatable bonds is 7. The van der Waals surface area contributed by atoms with Gasteiger partial charge in [0, 0.05) is 28.9 Å². The van der Waals surface area contributed by atoms with E-state index in [4.69, 9.17) is 25.8 Å². The van der Waals surface area contributed by atoms with Gasteiger partial charge >= 0.3 is 0 Å². The lowest BCUT2D eigenvalue weighted by molar-refractivity contribution is 0.355. The number of hydrogen-bond donors (Lipinski definition) is 0. The molecule has 0 saturated heterocycles. The standard InChI is InChI=1S/C28H21ClFN3O4/c1-35-26-12-19-23(13-27(26)36-2)32-10-9-24(19)37-25-8-7-17(11-22(25)30)20-14-31-16-33(28(20)34)15-18-5-3-4-6-21(18)29/h3-14,16H,15H2,1-2H3. The topological polar surface area (TPSA) is 75.5 Å². The molecule has 2 heterocycles. The first-order chi connectivity index (χ1) is 18.0. The third-order valence-corrected chi connectivity index (χ3v) is 6.24. The Labute approximate surface area is 216 Å². The normalized spacial score (nSPS) is 10.9. The molecule has 2 aromatic heterocycles. The van der Waals surface area contributed by atoms with Crippen LogP contribution in [0.2, 0.25) is 5.02 Å². The fourth-order valence-corrected chi connectivity index (χ4v) is 4.17. The fourth-order valence-electron chi connectivity index (χ4n) is 3.98. The van der Waals surface area contributed by atoms with Crippen LogP contribution in [0.5, 0.6) is 23.0 Å². The highest BCUT2D eigenvalue weighted by molar-refractivity contribution is 6.31. The second-order valence-electron chi connectivity index (χ2n) is 8.11. The van der Waals surface area contributed by atoms with Gasteiger partial charge < -0.3 is 14.2 Å². The molecule has 0 saturated carbocycles. The summed E-state index contributed by atoms with van der Waals surface area (Å²) in [4.78, 5) is 21.6.